The van der Waals surface area contributed by atoms with Crippen LogP contribution in [0, 0.1) is 0 Å². The SMILES string of the molecule is CC/C=C\C/C=C\C/C=C\C/C=C\CCCCCCCCCCC(=O)OCC(COC(=O)CCCCCCC/C=C\C/C=C\CCCCCC)OC(=O)CCCCCCCCCCCCCCCCCCCC. The van der Waals surface area contributed by atoms with Crippen molar-refractivity contribution in [2.45, 2.75) is 322 Å². The Labute approximate surface area is 453 Å². The van der Waals surface area contributed by atoms with Gasteiger partial charge in [-0.05, 0) is 89.9 Å². The summed E-state index contributed by atoms with van der Waals surface area (Å²) in [6, 6.07) is 0. The van der Waals surface area contributed by atoms with Crippen molar-refractivity contribution in [2.24, 2.45) is 0 Å². The Morgan fingerprint density at radius 3 is 0.849 bits per heavy atom. The average Bonchev–Trinajstić information content (AvgIpc) is 3.39. The minimum absolute atomic E-state index is 0.0817. The molecule has 6 nitrogen and oxygen atoms in total. The van der Waals surface area contributed by atoms with Gasteiger partial charge >= 0.3 is 17.9 Å². The van der Waals surface area contributed by atoms with E-state index in [9.17, 15) is 14.4 Å². The predicted molar refractivity (Wildman–Crippen MR) is 316 cm³/mol. The molecular formula is C67H118O6. The zero-order chi connectivity index (χ0) is 52.9. The topological polar surface area (TPSA) is 78.9 Å². The maximum Gasteiger partial charge on any atom is 0.306 e. The van der Waals surface area contributed by atoms with Gasteiger partial charge in [-0.15, -0.1) is 0 Å². The van der Waals surface area contributed by atoms with Crippen molar-refractivity contribution in [3.8, 4) is 0 Å². The van der Waals surface area contributed by atoms with Gasteiger partial charge in [-0.3, -0.25) is 14.4 Å². The van der Waals surface area contributed by atoms with Gasteiger partial charge in [0.2, 0.25) is 0 Å². The van der Waals surface area contributed by atoms with Gasteiger partial charge in [-0.2, -0.15) is 0 Å². The predicted octanol–water partition coefficient (Wildman–Crippen LogP) is 21.3. The van der Waals surface area contributed by atoms with Crippen LogP contribution in [-0.4, -0.2) is 37.2 Å². The van der Waals surface area contributed by atoms with Crippen molar-refractivity contribution in [2.75, 3.05) is 13.2 Å². The molecule has 422 valence electrons. The van der Waals surface area contributed by atoms with Crippen LogP contribution in [0.4, 0.5) is 0 Å². The van der Waals surface area contributed by atoms with E-state index < -0.39 is 6.10 Å². The van der Waals surface area contributed by atoms with Crippen LogP contribution in [-0.2, 0) is 28.6 Å². The van der Waals surface area contributed by atoms with Crippen LogP contribution in [0.2, 0.25) is 0 Å². The van der Waals surface area contributed by atoms with Crippen molar-refractivity contribution < 1.29 is 28.6 Å². The highest BCUT2D eigenvalue weighted by Gasteiger charge is 2.19. The number of allylic oxidation sites excluding steroid dienone is 12. The fourth-order valence-corrected chi connectivity index (χ4v) is 9.00. The van der Waals surface area contributed by atoms with Gasteiger partial charge in [0.05, 0.1) is 0 Å². The molecule has 0 aromatic carbocycles. The first-order valence-corrected chi connectivity index (χ1v) is 31.4. The van der Waals surface area contributed by atoms with Gasteiger partial charge in [0.1, 0.15) is 13.2 Å². The Morgan fingerprint density at radius 1 is 0.288 bits per heavy atom. The molecular weight excluding hydrogens is 901 g/mol. The van der Waals surface area contributed by atoms with Crippen molar-refractivity contribution >= 4 is 17.9 Å². The summed E-state index contributed by atoms with van der Waals surface area (Å²) >= 11 is 0. The Morgan fingerprint density at radius 2 is 0.534 bits per heavy atom. The average molecular weight is 1020 g/mol. The van der Waals surface area contributed by atoms with E-state index in [1.54, 1.807) is 0 Å². The van der Waals surface area contributed by atoms with E-state index >= 15 is 0 Å². The number of esters is 3. The number of unbranched alkanes of at least 4 members (excludes halogenated alkanes) is 34. The zero-order valence-electron chi connectivity index (χ0n) is 48.4. The molecule has 1 atom stereocenters. The first-order valence-electron chi connectivity index (χ1n) is 31.4. The fourth-order valence-electron chi connectivity index (χ4n) is 9.00. The molecule has 0 radical (unpaired) electrons. The Balaban J connectivity index is 4.38. The molecule has 0 aromatic heterocycles. The third-order valence-corrected chi connectivity index (χ3v) is 13.7. The lowest BCUT2D eigenvalue weighted by Crippen LogP contribution is -2.30. The summed E-state index contributed by atoms with van der Waals surface area (Å²) in [6.07, 6.45) is 79.0. The number of carbonyl (C=O) groups excluding carboxylic acids is 3. The molecule has 0 saturated carbocycles. The number of ether oxygens (including phenoxy) is 3. The van der Waals surface area contributed by atoms with Crippen LogP contribution in [0.1, 0.15) is 316 Å². The Kier molecular flexibility index (Phi) is 58.7. The molecule has 6 heteroatoms. The van der Waals surface area contributed by atoms with E-state index in [2.05, 4.69) is 93.7 Å². The van der Waals surface area contributed by atoms with E-state index in [0.29, 0.717) is 19.3 Å². The highest BCUT2D eigenvalue weighted by Crippen LogP contribution is 2.17. The molecule has 0 aliphatic heterocycles. The second kappa shape index (κ2) is 61.4. The largest absolute Gasteiger partial charge is 0.462 e. The number of hydrogen-bond acceptors (Lipinski definition) is 6. The number of carbonyl (C=O) groups is 3. The minimum atomic E-state index is -0.784. The van der Waals surface area contributed by atoms with Crippen molar-refractivity contribution in [1.82, 2.24) is 0 Å². The summed E-state index contributed by atoms with van der Waals surface area (Å²) in [5, 5.41) is 0. The molecule has 73 heavy (non-hydrogen) atoms. The van der Waals surface area contributed by atoms with Gasteiger partial charge in [-0.1, -0.05) is 280 Å². The lowest BCUT2D eigenvalue weighted by Gasteiger charge is -2.18. The second-order valence-corrected chi connectivity index (χ2v) is 20.9. The third-order valence-electron chi connectivity index (χ3n) is 13.7. The van der Waals surface area contributed by atoms with E-state index in [-0.39, 0.29) is 31.1 Å². The smallest absolute Gasteiger partial charge is 0.306 e. The molecule has 0 aromatic rings. The normalized spacial score (nSPS) is 12.5. The molecule has 0 heterocycles. The second-order valence-electron chi connectivity index (χ2n) is 20.9. The molecule has 1 unspecified atom stereocenters. The van der Waals surface area contributed by atoms with Crippen LogP contribution in [0.3, 0.4) is 0 Å². The van der Waals surface area contributed by atoms with Gasteiger partial charge < -0.3 is 14.2 Å². The van der Waals surface area contributed by atoms with E-state index in [4.69, 9.17) is 14.2 Å². The molecule has 0 amide bonds. The van der Waals surface area contributed by atoms with E-state index in [1.807, 2.05) is 0 Å². The van der Waals surface area contributed by atoms with Crippen LogP contribution in [0.25, 0.3) is 0 Å². The summed E-state index contributed by atoms with van der Waals surface area (Å²) < 4.78 is 16.9. The standard InChI is InChI=1S/C67H118O6/c1-4-7-10-13-16-19-22-25-28-31-33-34-35-37-39-42-45-48-51-54-57-60-66(69)72-63-64(62-71-65(68)59-56-53-50-47-44-41-38-30-27-24-21-18-15-12-9-6-3)73-67(70)61-58-55-52-49-46-43-40-36-32-29-26-23-20-17-14-11-8-5-2/h7,10,16,19,21,24-25,28,30,33-34,38,64H,4-6,8-9,11-15,17-18,20,22-23,26-27,29,31-32,35-37,39-63H2,1-3H3/b10-7-,19-16-,24-21-,28-25-,34-33-,38-30-. The third kappa shape index (κ3) is 59.6. The summed E-state index contributed by atoms with van der Waals surface area (Å²) in [7, 11) is 0. The van der Waals surface area contributed by atoms with Crippen molar-refractivity contribution in [3.63, 3.8) is 0 Å². The first-order chi connectivity index (χ1) is 36.0. The van der Waals surface area contributed by atoms with E-state index in [0.717, 1.165) is 109 Å². The molecule has 0 rings (SSSR count). The highest BCUT2D eigenvalue weighted by atomic mass is 16.6. The lowest BCUT2D eigenvalue weighted by atomic mass is 10.0. The van der Waals surface area contributed by atoms with Crippen LogP contribution in [0.5, 0.6) is 0 Å². The summed E-state index contributed by atoms with van der Waals surface area (Å²) in [5.41, 5.74) is 0. The summed E-state index contributed by atoms with van der Waals surface area (Å²) in [5.74, 6) is -0.886. The molecule has 0 saturated heterocycles. The molecule has 0 fully saturated rings. The minimum Gasteiger partial charge on any atom is -0.462 e. The maximum absolute atomic E-state index is 12.9. The van der Waals surface area contributed by atoms with Gasteiger partial charge in [-0.25, -0.2) is 0 Å². The quantitative estimate of drug-likeness (QED) is 0.0261. The van der Waals surface area contributed by atoms with Crippen LogP contribution >= 0.6 is 0 Å². The van der Waals surface area contributed by atoms with Gasteiger partial charge in [0.25, 0.3) is 0 Å². The van der Waals surface area contributed by atoms with Gasteiger partial charge in [0, 0.05) is 19.3 Å². The van der Waals surface area contributed by atoms with Crippen LogP contribution in [0.15, 0.2) is 72.9 Å². The summed E-state index contributed by atoms with van der Waals surface area (Å²) in [4.78, 5) is 38.3. The fraction of sp³-hybridized carbons (Fsp3) is 0.776. The number of rotatable bonds is 57. The maximum atomic E-state index is 12.9. The van der Waals surface area contributed by atoms with Gasteiger partial charge in [0.15, 0.2) is 6.10 Å². The highest BCUT2D eigenvalue weighted by molar-refractivity contribution is 5.71. The van der Waals surface area contributed by atoms with Crippen molar-refractivity contribution in [1.29, 1.82) is 0 Å². The Bertz CT molecular complexity index is 1360. The monoisotopic (exact) mass is 1020 g/mol. The lowest BCUT2D eigenvalue weighted by molar-refractivity contribution is -0.167. The Hall–Kier alpha value is -3.15. The van der Waals surface area contributed by atoms with Crippen molar-refractivity contribution in [3.05, 3.63) is 72.9 Å². The molecule has 0 aliphatic carbocycles. The molecule has 0 spiro atoms. The number of hydrogen-bond donors (Lipinski definition) is 0. The summed E-state index contributed by atoms with van der Waals surface area (Å²) in [6.45, 7) is 6.53. The van der Waals surface area contributed by atoms with E-state index in [1.165, 1.54) is 167 Å². The molecule has 0 aliphatic rings. The molecule has 0 N–H and O–H groups in total. The molecule has 0 bridgehead atoms. The van der Waals surface area contributed by atoms with Crippen LogP contribution < -0.4 is 0 Å². The zero-order valence-corrected chi connectivity index (χ0v) is 48.4. The first kappa shape index (κ1) is 69.8.